The fourth-order valence-corrected chi connectivity index (χ4v) is 4.52. The van der Waals surface area contributed by atoms with Crippen molar-refractivity contribution in [3.05, 3.63) is 89.7 Å². The van der Waals surface area contributed by atoms with Gasteiger partial charge < -0.3 is 10.1 Å². The van der Waals surface area contributed by atoms with Crippen molar-refractivity contribution in [2.24, 2.45) is 0 Å². The molecular weight excluding hydrogens is 370 g/mol. The number of hydrogen-bond donors (Lipinski definition) is 2. The van der Waals surface area contributed by atoms with Crippen LogP contribution in [0.25, 0.3) is 22.2 Å². The summed E-state index contributed by atoms with van der Waals surface area (Å²) in [7, 11) is 0. The van der Waals surface area contributed by atoms with Crippen molar-refractivity contribution < 1.29 is 5.11 Å². The number of nitrogens with one attached hydrogen (secondary N) is 1. The molecule has 0 amide bonds. The molecule has 0 aliphatic carbocycles. The number of aromatic amines is 1. The predicted octanol–water partition coefficient (Wildman–Crippen LogP) is 5.10. The maximum atomic E-state index is 9.26. The van der Waals surface area contributed by atoms with Gasteiger partial charge in [0.15, 0.2) is 0 Å². The molecule has 4 aromatic rings. The van der Waals surface area contributed by atoms with Gasteiger partial charge in [-0.1, -0.05) is 36.4 Å². The Morgan fingerprint density at radius 2 is 1.87 bits per heavy atom. The Labute approximate surface area is 177 Å². The van der Waals surface area contributed by atoms with Gasteiger partial charge in [-0.2, -0.15) is 0 Å². The maximum absolute atomic E-state index is 9.26. The van der Waals surface area contributed by atoms with Gasteiger partial charge in [0, 0.05) is 42.0 Å². The van der Waals surface area contributed by atoms with E-state index >= 15 is 0 Å². The summed E-state index contributed by atoms with van der Waals surface area (Å²) in [4.78, 5) is 10.8. The number of nitrogens with zero attached hydrogens (tertiary/aromatic N) is 2. The summed E-state index contributed by atoms with van der Waals surface area (Å²) in [5.74, 6) is 0.464. The van der Waals surface area contributed by atoms with Crippen LogP contribution in [0, 0.1) is 0 Å². The lowest BCUT2D eigenvalue weighted by Gasteiger charge is -2.32. The average Bonchev–Trinajstić information content (AvgIpc) is 3.27. The van der Waals surface area contributed by atoms with Gasteiger partial charge in [0.2, 0.25) is 0 Å². The number of fused-ring (bicyclic) bond motifs is 1. The van der Waals surface area contributed by atoms with Gasteiger partial charge in [0.1, 0.15) is 0 Å². The van der Waals surface area contributed by atoms with Gasteiger partial charge in [-0.15, -0.1) is 0 Å². The van der Waals surface area contributed by atoms with E-state index in [4.69, 9.17) is 4.98 Å². The maximum Gasteiger partial charge on any atom is 0.0705 e. The van der Waals surface area contributed by atoms with E-state index in [1.807, 2.05) is 30.5 Å². The molecule has 152 valence electrons. The van der Waals surface area contributed by atoms with Crippen molar-refractivity contribution in [1.29, 1.82) is 0 Å². The zero-order valence-electron chi connectivity index (χ0n) is 17.1. The lowest BCUT2D eigenvalue weighted by Crippen LogP contribution is -2.34. The van der Waals surface area contributed by atoms with Crippen LogP contribution in [0.2, 0.25) is 0 Å². The zero-order valence-corrected chi connectivity index (χ0v) is 17.1. The van der Waals surface area contributed by atoms with Gasteiger partial charge in [0.05, 0.1) is 12.3 Å². The third-order valence-corrected chi connectivity index (χ3v) is 6.15. The van der Waals surface area contributed by atoms with Crippen LogP contribution in [0.5, 0.6) is 0 Å². The van der Waals surface area contributed by atoms with E-state index in [2.05, 4.69) is 52.3 Å². The Morgan fingerprint density at radius 1 is 1.00 bits per heavy atom. The second-order valence-corrected chi connectivity index (χ2v) is 8.28. The zero-order chi connectivity index (χ0) is 20.3. The quantitative estimate of drug-likeness (QED) is 0.492. The number of pyridine rings is 1. The molecule has 30 heavy (non-hydrogen) atoms. The van der Waals surface area contributed by atoms with Gasteiger partial charge in [-0.25, -0.2) is 0 Å². The number of aliphatic hydroxyl groups excluding tert-OH is 1. The molecule has 0 spiro atoms. The molecule has 2 aromatic carbocycles. The molecule has 1 fully saturated rings. The second kappa shape index (κ2) is 8.42. The van der Waals surface area contributed by atoms with Crippen LogP contribution in [0.4, 0.5) is 0 Å². The Hall–Kier alpha value is -2.95. The summed E-state index contributed by atoms with van der Waals surface area (Å²) < 4.78 is 0. The van der Waals surface area contributed by atoms with E-state index < -0.39 is 0 Å². The molecule has 0 bridgehead atoms. The number of H-pyrrole nitrogens is 1. The fraction of sp³-hybridized carbons (Fsp3) is 0.269. The van der Waals surface area contributed by atoms with Gasteiger partial charge in [-0.05, 0) is 66.2 Å². The predicted molar refractivity (Wildman–Crippen MR) is 121 cm³/mol. The molecule has 5 rings (SSSR count). The lowest BCUT2D eigenvalue weighted by molar-refractivity contribution is 0.198. The molecule has 4 nitrogen and oxygen atoms in total. The van der Waals surface area contributed by atoms with Crippen LogP contribution < -0.4 is 0 Å². The Morgan fingerprint density at radius 3 is 2.73 bits per heavy atom. The molecule has 2 aromatic heterocycles. The summed E-state index contributed by atoms with van der Waals surface area (Å²) in [6.45, 7) is 3.25. The van der Waals surface area contributed by atoms with Crippen molar-refractivity contribution in [1.82, 2.24) is 14.9 Å². The minimum absolute atomic E-state index is 0.0721. The number of rotatable bonds is 5. The molecule has 1 saturated heterocycles. The molecular formula is C26H27N3O. The lowest BCUT2D eigenvalue weighted by atomic mass is 9.93. The highest BCUT2D eigenvalue weighted by Gasteiger charge is 2.22. The first kappa shape index (κ1) is 19.0. The molecule has 4 heteroatoms. The summed E-state index contributed by atoms with van der Waals surface area (Å²) in [5, 5.41) is 10.5. The first-order valence-electron chi connectivity index (χ1n) is 10.7. The normalized spacial score (nSPS) is 17.4. The SMILES string of the molecule is OCc1ccc(-c2cccc([C@H]3CCCN(Cc4ccc5[nH]ccc5c4)C3)n2)cc1. The third kappa shape index (κ3) is 4.02. The van der Waals surface area contributed by atoms with Crippen LogP contribution in [0.15, 0.2) is 72.9 Å². The molecule has 1 atom stereocenters. The van der Waals surface area contributed by atoms with Crippen molar-refractivity contribution in [2.75, 3.05) is 13.1 Å². The molecule has 2 N–H and O–H groups in total. The highest BCUT2D eigenvalue weighted by atomic mass is 16.3. The largest absolute Gasteiger partial charge is 0.392 e. The number of aromatic nitrogens is 2. The van der Waals surface area contributed by atoms with Gasteiger partial charge in [0.25, 0.3) is 0 Å². The van der Waals surface area contributed by atoms with E-state index in [9.17, 15) is 5.11 Å². The van der Waals surface area contributed by atoms with Crippen LogP contribution >= 0.6 is 0 Å². The molecule has 0 unspecified atom stereocenters. The monoisotopic (exact) mass is 397 g/mol. The number of benzene rings is 2. The van der Waals surface area contributed by atoms with E-state index in [1.165, 1.54) is 35.0 Å². The standard InChI is InChI=1S/C26H27N3O/c30-18-19-6-9-21(10-7-19)25-4-1-5-26(28-25)23-3-2-14-29(17-23)16-20-8-11-24-22(15-20)12-13-27-24/h1,4-13,15,23,27,30H,2-3,14,16-18H2/t23-/m0/s1. The number of piperidine rings is 1. The highest BCUT2D eigenvalue weighted by molar-refractivity contribution is 5.79. The first-order chi connectivity index (χ1) is 14.8. The van der Waals surface area contributed by atoms with Crippen molar-refractivity contribution in [3.8, 4) is 11.3 Å². The van der Waals surface area contributed by atoms with E-state index in [0.717, 1.165) is 36.5 Å². The van der Waals surface area contributed by atoms with E-state index in [0.29, 0.717) is 5.92 Å². The third-order valence-electron chi connectivity index (χ3n) is 6.15. The number of hydrogen-bond acceptors (Lipinski definition) is 3. The molecule has 0 radical (unpaired) electrons. The Balaban J connectivity index is 1.31. The van der Waals surface area contributed by atoms with Gasteiger partial charge in [-0.3, -0.25) is 9.88 Å². The average molecular weight is 398 g/mol. The van der Waals surface area contributed by atoms with Crippen LogP contribution in [0.3, 0.4) is 0 Å². The summed E-state index contributed by atoms with van der Waals surface area (Å²) in [6, 6.07) is 23.2. The molecule has 0 saturated carbocycles. The van der Waals surface area contributed by atoms with Crippen molar-refractivity contribution >= 4 is 10.9 Å². The van der Waals surface area contributed by atoms with E-state index in [1.54, 1.807) is 0 Å². The Bertz CT molecular complexity index is 1130. The summed E-state index contributed by atoms with van der Waals surface area (Å²) in [6.07, 6.45) is 4.39. The van der Waals surface area contributed by atoms with Crippen LogP contribution in [-0.2, 0) is 13.2 Å². The van der Waals surface area contributed by atoms with E-state index in [-0.39, 0.29) is 6.61 Å². The smallest absolute Gasteiger partial charge is 0.0705 e. The van der Waals surface area contributed by atoms with Crippen LogP contribution in [0.1, 0.15) is 35.6 Å². The summed E-state index contributed by atoms with van der Waals surface area (Å²) >= 11 is 0. The first-order valence-corrected chi connectivity index (χ1v) is 10.7. The molecule has 3 heterocycles. The Kier molecular flexibility index (Phi) is 5.35. The topological polar surface area (TPSA) is 52.1 Å². The fourth-order valence-electron chi connectivity index (χ4n) is 4.52. The van der Waals surface area contributed by atoms with Gasteiger partial charge >= 0.3 is 0 Å². The molecule has 1 aliphatic heterocycles. The minimum atomic E-state index is 0.0721. The number of likely N-dealkylation sites (tertiary alicyclic amines) is 1. The molecule has 1 aliphatic rings. The second-order valence-electron chi connectivity index (χ2n) is 8.28. The van der Waals surface area contributed by atoms with Crippen LogP contribution in [-0.4, -0.2) is 33.1 Å². The van der Waals surface area contributed by atoms with Crippen molar-refractivity contribution in [2.45, 2.75) is 31.9 Å². The van der Waals surface area contributed by atoms with Crippen molar-refractivity contribution in [3.63, 3.8) is 0 Å². The minimum Gasteiger partial charge on any atom is -0.392 e. The number of aliphatic hydroxyl groups is 1. The summed E-state index contributed by atoms with van der Waals surface area (Å²) in [5.41, 5.74) is 6.78. The highest BCUT2D eigenvalue weighted by Crippen LogP contribution is 2.29.